The Kier molecular flexibility index (Phi) is 6.51. The molecule has 1 fully saturated rings. The predicted molar refractivity (Wildman–Crippen MR) is 86.4 cm³/mol. The second kappa shape index (κ2) is 8.23. The fourth-order valence-corrected chi connectivity index (χ4v) is 3.95. The third kappa shape index (κ3) is 5.47. The molecule has 140 valence electrons. The molecule has 0 bridgehead atoms. The van der Waals surface area contributed by atoms with Crippen molar-refractivity contribution in [3.8, 4) is 0 Å². The number of nitrogens with zero attached hydrogens (tertiary/aromatic N) is 2. The molecule has 9 nitrogen and oxygen atoms in total. The molecular weight excluding hydrogens is 351 g/mol. The van der Waals surface area contributed by atoms with Gasteiger partial charge in [-0.3, -0.25) is 23.2 Å². The number of hydrogen-bond donors (Lipinski definition) is 0. The number of carbonyl (C=O) groups is 2. The van der Waals surface area contributed by atoms with Crippen LogP contribution in [-0.2, 0) is 39.2 Å². The summed E-state index contributed by atoms with van der Waals surface area (Å²) in [5.74, 6) is -0.627. The van der Waals surface area contributed by atoms with E-state index in [9.17, 15) is 14.2 Å². The maximum atomic E-state index is 12.6. The first kappa shape index (κ1) is 19.8. The highest BCUT2D eigenvalue weighted by Crippen LogP contribution is 2.57. The van der Waals surface area contributed by atoms with Gasteiger partial charge in [0.1, 0.15) is 12.8 Å². The van der Waals surface area contributed by atoms with Gasteiger partial charge in [0, 0.05) is 30.7 Å². The van der Waals surface area contributed by atoms with E-state index in [1.807, 2.05) is 0 Å². The van der Waals surface area contributed by atoms with E-state index < -0.39 is 19.3 Å². The number of methoxy groups -OCH3 is 1. The van der Waals surface area contributed by atoms with Crippen molar-refractivity contribution in [2.45, 2.75) is 45.9 Å². The van der Waals surface area contributed by atoms with Gasteiger partial charge < -0.3 is 9.30 Å². The van der Waals surface area contributed by atoms with Gasteiger partial charge in [0.25, 0.3) is 0 Å². The molecule has 0 unspecified atom stereocenters. The average Bonchev–Trinajstić information content (AvgIpc) is 3.09. The number of carbonyl (C=O) groups excluding carboxylic acids is 2. The number of ketones is 1. The molecular formula is C15H23N2O7P. The zero-order valence-corrected chi connectivity index (χ0v) is 15.4. The molecule has 1 aliphatic heterocycles. The molecule has 0 amide bonds. The van der Waals surface area contributed by atoms with E-state index in [-0.39, 0.29) is 37.9 Å². The van der Waals surface area contributed by atoms with Crippen LogP contribution >= 0.6 is 7.82 Å². The molecule has 0 aromatic carbocycles. The minimum Gasteiger partial charge on any atom is -0.469 e. The van der Waals surface area contributed by atoms with Crippen LogP contribution in [0, 0.1) is 5.41 Å². The van der Waals surface area contributed by atoms with Crippen molar-refractivity contribution < 1.29 is 32.5 Å². The summed E-state index contributed by atoms with van der Waals surface area (Å²) in [4.78, 5) is 27.5. The average molecular weight is 374 g/mol. The second-order valence-electron chi connectivity index (χ2n) is 6.43. The Morgan fingerprint density at radius 2 is 2.16 bits per heavy atom. The molecule has 1 aromatic rings. The highest BCUT2D eigenvalue weighted by molar-refractivity contribution is 7.48. The van der Waals surface area contributed by atoms with Gasteiger partial charge in [0.15, 0.2) is 5.78 Å². The summed E-state index contributed by atoms with van der Waals surface area (Å²) in [6, 6.07) is 0. The van der Waals surface area contributed by atoms with Crippen LogP contribution in [0.5, 0.6) is 0 Å². The number of phosphoric ester groups is 1. The van der Waals surface area contributed by atoms with E-state index in [0.717, 1.165) is 0 Å². The van der Waals surface area contributed by atoms with Crippen molar-refractivity contribution in [1.29, 1.82) is 0 Å². The molecule has 2 rings (SSSR count). The minimum absolute atomic E-state index is 0.0572. The Hall–Kier alpha value is -1.54. The van der Waals surface area contributed by atoms with Gasteiger partial charge in [-0.25, -0.2) is 9.55 Å². The van der Waals surface area contributed by atoms with Gasteiger partial charge in [-0.1, -0.05) is 13.8 Å². The van der Waals surface area contributed by atoms with E-state index in [1.54, 1.807) is 30.8 Å². The number of Topliss-reactive ketones (excluding diaryl/α,β-unsaturated/α-hetero) is 1. The Morgan fingerprint density at radius 3 is 2.80 bits per heavy atom. The van der Waals surface area contributed by atoms with Crippen LogP contribution in [0.15, 0.2) is 18.7 Å². The van der Waals surface area contributed by atoms with Gasteiger partial charge in [-0.05, 0) is 6.42 Å². The van der Waals surface area contributed by atoms with Gasteiger partial charge in [0.2, 0.25) is 0 Å². The quantitative estimate of drug-likeness (QED) is 0.504. The van der Waals surface area contributed by atoms with E-state index in [2.05, 4.69) is 9.72 Å². The lowest BCUT2D eigenvalue weighted by molar-refractivity contribution is -0.142. The van der Waals surface area contributed by atoms with E-state index in [0.29, 0.717) is 6.42 Å². The Balaban J connectivity index is 1.95. The van der Waals surface area contributed by atoms with Crippen LogP contribution in [0.3, 0.4) is 0 Å². The largest absolute Gasteiger partial charge is 0.477 e. The van der Waals surface area contributed by atoms with Gasteiger partial charge in [0.05, 0.1) is 20.0 Å². The number of aromatic nitrogens is 2. The smallest absolute Gasteiger partial charge is 0.469 e. The number of hydrogen-bond acceptors (Lipinski definition) is 8. The fraction of sp³-hybridized carbons (Fsp3) is 0.667. The zero-order valence-electron chi connectivity index (χ0n) is 14.5. The number of rotatable bonds is 8. The molecule has 10 heteroatoms. The Bertz CT molecular complexity index is 644. The summed E-state index contributed by atoms with van der Waals surface area (Å²) in [6.45, 7) is 3.56. The van der Waals surface area contributed by atoms with Crippen molar-refractivity contribution >= 4 is 19.6 Å². The molecule has 1 aliphatic rings. The molecule has 0 radical (unpaired) electrons. The van der Waals surface area contributed by atoms with Crippen LogP contribution in [-0.4, -0.2) is 41.1 Å². The highest BCUT2D eigenvalue weighted by atomic mass is 31.2. The monoisotopic (exact) mass is 374 g/mol. The van der Waals surface area contributed by atoms with E-state index in [1.165, 1.54) is 13.4 Å². The van der Waals surface area contributed by atoms with Crippen molar-refractivity contribution in [3.05, 3.63) is 18.7 Å². The number of ether oxygens (including phenoxy) is 1. The van der Waals surface area contributed by atoms with Crippen molar-refractivity contribution in [2.75, 3.05) is 13.7 Å². The van der Waals surface area contributed by atoms with Crippen molar-refractivity contribution in [3.63, 3.8) is 0 Å². The van der Waals surface area contributed by atoms with Gasteiger partial charge in [-0.2, -0.15) is 0 Å². The Morgan fingerprint density at radius 1 is 1.40 bits per heavy atom. The van der Waals surface area contributed by atoms with Gasteiger partial charge in [-0.15, -0.1) is 0 Å². The molecule has 0 aliphatic carbocycles. The zero-order chi connectivity index (χ0) is 18.5. The summed E-state index contributed by atoms with van der Waals surface area (Å²) in [5, 5.41) is 0. The minimum atomic E-state index is -3.86. The van der Waals surface area contributed by atoms with E-state index >= 15 is 0 Å². The second-order valence-corrected chi connectivity index (χ2v) is 8.05. The summed E-state index contributed by atoms with van der Waals surface area (Å²) < 4.78 is 34.7. The molecule has 0 saturated carbocycles. The SMILES string of the molecule is COC(=O)CCCC(=O)[C@@H]1O[P@@](=O)(OCn2ccnc2)OCC1(C)C. The third-order valence-corrected chi connectivity index (χ3v) is 5.13. The third-order valence-electron chi connectivity index (χ3n) is 3.79. The van der Waals surface area contributed by atoms with Gasteiger partial charge >= 0.3 is 13.8 Å². The lowest BCUT2D eigenvalue weighted by Crippen LogP contribution is -2.44. The van der Waals surface area contributed by atoms with Crippen molar-refractivity contribution in [2.24, 2.45) is 5.41 Å². The normalized spacial score (nSPS) is 25.5. The maximum Gasteiger partial charge on any atom is 0.477 e. The Labute approximate surface area is 146 Å². The molecule has 25 heavy (non-hydrogen) atoms. The summed E-state index contributed by atoms with van der Waals surface area (Å²) >= 11 is 0. The summed E-state index contributed by atoms with van der Waals surface area (Å²) in [5.41, 5.74) is -0.658. The molecule has 1 aromatic heterocycles. The van der Waals surface area contributed by atoms with Crippen LogP contribution in [0.25, 0.3) is 0 Å². The van der Waals surface area contributed by atoms with E-state index in [4.69, 9.17) is 13.6 Å². The van der Waals surface area contributed by atoms with Crippen LogP contribution < -0.4 is 0 Å². The molecule has 0 N–H and O–H groups in total. The predicted octanol–water partition coefficient (Wildman–Crippen LogP) is 2.32. The lowest BCUT2D eigenvalue weighted by Gasteiger charge is -2.39. The maximum absolute atomic E-state index is 12.6. The topological polar surface area (TPSA) is 106 Å². The molecule has 2 atom stereocenters. The first-order chi connectivity index (χ1) is 11.8. The summed E-state index contributed by atoms with van der Waals surface area (Å²) in [7, 11) is -2.57. The van der Waals surface area contributed by atoms with Crippen LogP contribution in [0.1, 0.15) is 33.1 Å². The lowest BCUT2D eigenvalue weighted by atomic mass is 9.84. The first-order valence-corrected chi connectivity index (χ1v) is 9.34. The number of imidazole rings is 1. The first-order valence-electron chi connectivity index (χ1n) is 7.88. The summed E-state index contributed by atoms with van der Waals surface area (Å²) in [6.07, 6.45) is 4.34. The number of esters is 1. The van der Waals surface area contributed by atoms with Crippen LogP contribution in [0.4, 0.5) is 0 Å². The fourth-order valence-electron chi connectivity index (χ4n) is 2.33. The molecule has 2 heterocycles. The highest BCUT2D eigenvalue weighted by Gasteiger charge is 2.48. The van der Waals surface area contributed by atoms with Crippen molar-refractivity contribution in [1.82, 2.24) is 9.55 Å². The number of phosphoric acid groups is 1. The molecule has 0 spiro atoms. The molecule has 1 saturated heterocycles. The standard InChI is InChI=1S/C15H23N2O7P/c1-15(2)9-22-25(20,23-11-17-8-7-16-10-17)24-14(15)12(18)5-4-6-13(19)21-3/h7-8,10,14H,4-6,9,11H2,1-3H3/t14-,25+/m0/s1. The van der Waals surface area contributed by atoms with Crippen LogP contribution in [0.2, 0.25) is 0 Å².